The molecule has 0 saturated carbocycles. The molecule has 0 aliphatic rings. The molecule has 0 unspecified atom stereocenters. The third-order valence-corrected chi connectivity index (χ3v) is 1.67. The summed E-state index contributed by atoms with van der Waals surface area (Å²) in [6, 6.07) is 0. The maximum atomic E-state index is 4.91. The number of hydrogen-bond donors (Lipinski definition) is 0. The standard InChI is InChI=1S/C8H19NS.Y/c1-3-5-9(6-4-2)7-8-10;/h10H,3-8H2,1-2H3;/p-1. The minimum absolute atomic E-state index is 0. The Balaban J connectivity index is 0. The largest absolute Gasteiger partial charge is 0.791 e. The molecule has 0 spiro atoms. The molecule has 0 aliphatic carbocycles. The number of hydrogen-bond acceptors (Lipinski definition) is 2. The van der Waals surface area contributed by atoms with Crippen molar-refractivity contribution in [1.82, 2.24) is 4.90 Å². The molecule has 0 aliphatic heterocycles. The van der Waals surface area contributed by atoms with E-state index in [1.54, 1.807) is 0 Å². The maximum Gasteiger partial charge on any atom is 0 e. The van der Waals surface area contributed by atoms with Crippen LogP contribution < -0.4 is 0 Å². The molecule has 0 aromatic rings. The number of rotatable bonds is 6. The van der Waals surface area contributed by atoms with Gasteiger partial charge < -0.3 is 17.5 Å². The first-order valence-electron chi connectivity index (χ1n) is 4.15. The van der Waals surface area contributed by atoms with Gasteiger partial charge in [0.25, 0.3) is 0 Å². The third-order valence-electron chi connectivity index (χ3n) is 1.49. The molecule has 0 rings (SSSR count). The van der Waals surface area contributed by atoms with Crippen LogP contribution in [0, 0.1) is 0 Å². The van der Waals surface area contributed by atoms with Crippen LogP contribution in [0.5, 0.6) is 0 Å². The van der Waals surface area contributed by atoms with Gasteiger partial charge in [0.05, 0.1) is 0 Å². The third kappa shape index (κ3) is 9.33. The zero-order valence-corrected chi connectivity index (χ0v) is 11.3. The summed E-state index contributed by atoms with van der Waals surface area (Å²) < 4.78 is 0. The fraction of sp³-hybridized carbons (Fsp3) is 1.00. The first-order chi connectivity index (χ1) is 4.85. The summed E-state index contributed by atoms with van der Waals surface area (Å²) in [5.41, 5.74) is 0. The summed E-state index contributed by atoms with van der Waals surface area (Å²) in [6.07, 6.45) is 2.49. The van der Waals surface area contributed by atoms with Crippen molar-refractivity contribution in [3.8, 4) is 0 Å². The van der Waals surface area contributed by atoms with Crippen LogP contribution in [0.1, 0.15) is 26.7 Å². The van der Waals surface area contributed by atoms with Crippen LogP contribution in [0.4, 0.5) is 0 Å². The van der Waals surface area contributed by atoms with Crippen molar-refractivity contribution in [3.05, 3.63) is 0 Å². The van der Waals surface area contributed by atoms with E-state index in [4.69, 9.17) is 12.6 Å². The topological polar surface area (TPSA) is 3.24 Å². The Morgan fingerprint density at radius 3 is 1.73 bits per heavy atom. The minimum Gasteiger partial charge on any atom is -0.791 e. The predicted molar refractivity (Wildman–Crippen MR) is 49.3 cm³/mol. The van der Waals surface area contributed by atoms with Crippen molar-refractivity contribution in [2.45, 2.75) is 26.7 Å². The summed E-state index contributed by atoms with van der Waals surface area (Å²) in [5, 5.41) is 0. The Morgan fingerprint density at radius 1 is 1.00 bits per heavy atom. The van der Waals surface area contributed by atoms with Crippen LogP contribution in [0.15, 0.2) is 0 Å². The van der Waals surface area contributed by atoms with Crippen molar-refractivity contribution in [2.24, 2.45) is 0 Å². The van der Waals surface area contributed by atoms with Crippen LogP contribution in [0.25, 0.3) is 0 Å². The van der Waals surface area contributed by atoms with E-state index >= 15 is 0 Å². The molecule has 0 bridgehead atoms. The summed E-state index contributed by atoms with van der Waals surface area (Å²) in [7, 11) is 0. The molecule has 3 heteroatoms. The van der Waals surface area contributed by atoms with E-state index < -0.39 is 0 Å². The van der Waals surface area contributed by atoms with Crippen molar-refractivity contribution in [1.29, 1.82) is 0 Å². The van der Waals surface area contributed by atoms with Crippen molar-refractivity contribution >= 4 is 12.6 Å². The molecular weight excluding hydrogens is 231 g/mol. The van der Waals surface area contributed by atoms with Crippen molar-refractivity contribution in [2.75, 3.05) is 25.4 Å². The molecule has 1 nitrogen and oxygen atoms in total. The first kappa shape index (κ1) is 14.9. The number of nitrogens with zero attached hydrogens (tertiary/aromatic N) is 1. The second-order valence-electron chi connectivity index (χ2n) is 2.55. The van der Waals surface area contributed by atoms with Gasteiger partial charge in [0.1, 0.15) is 0 Å². The van der Waals surface area contributed by atoms with Crippen LogP contribution in [0.2, 0.25) is 0 Å². The van der Waals surface area contributed by atoms with E-state index in [1.807, 2.05) is 0 Å². The molecule has 0 aromatic carbocycles. The summed E-state index contributed by atoms with van der Waals surface area (Å²) in [6.45, 7) is 7.95. The van der Waals surface area contributed by atoms with Gasteiger partial charge in [-0.05, 0) is 32.5 Å². The fourth-order valence-electron chi connectivity index (χ4n) is 1.10. The second kappa shape index (κ2) is 11.4. The molecule has 65 valence electrons. The zero-order chi connectivity index (χ0) is 7.82. The zero-order valence-electron chi connectivity index (χ0n) is 7.68. The molecule has 0 fully saturated rings. The van der Waals surface area contributed by atoms with Gasteiger partial charge >= 0.3 is 0 Å². The Morgan fingerprint density at radius 2 is 1.45 bits per heavy atom. The smallest absolute Gasteiger partial charge is 0 e. The molecule has 1 radical (unpaired) electrons. The molecule has 0 heterocycles. The van der Waals surface area contributed by atoms with E-state index in [0.717, 1.165) is 12.3 Å². The summed E-state index contributed by atoms with van der Waals surface area (Å²) in [5.74, 6) is 0.875. The molecular formula is C8H18NSY-. The predicted octanol–water partition coefficient (Wildman–Crippen LogP) is 1.65. The normalized spacial score (nSPS) is 9.82. The fourth-order valence-corrected chi connectivity index (χ4v) is 1.36. The Bertz CT molecular complexity index is 56.8. The summed E-state index contributed by atoms with van der Waals surface area (Å²) >= 11 is 4.91. The van der Waals surface area contributed by atoms with Crippen LogP contribution >= 0.6 is 0 Å². The maximum absolute atomic E-state index is 4.91. The Kier molecular flexibility index (Phi) is 15.5. The van der Waals surface area contributed by atoms with E-state index in [-0.39, 0.29) is 32.7 Å². The molecule has 0 atom stereocenters. The summed E-state index contributed by atoms with van der Waals surface area (Å²) in [4.78, 5) is 2.44. The van der Waals surface area contributed by atoms with E-state index in [1.165, 1.54) is 25.9 Å². The van der Waals surface area contributed by atoms with E-state index in [2.05, 4.69) is 18.7 Å². The SMILES string of the molecule is CCCN(CCC)CC[S-].[Y]. The van der Waals surface area contributed by atoms with Crippen LogP contribution in [-0.2, 0) is 45.3 Å². The van der Waals surface area contributed by atoms with Crippen molar-refractivity contribution < 1.29 is 32.7 Å². The van der Waals surface area contributed by atoms with Gasteiger partial charge in [-0.3, -0.25) is 0 Å². The molecule has 0 amide bonds. The average Bonchev–Trinajstić information content (AvgIpc) is 1.90. The van der Waals surface area contributed by atoms with Gasteiger partial charge in [0.2, 0.25) is 0 Å². The Labute approximate surface area is 102 Å². The Hall–Kier alpha value is 1.41. The molecule has 0 aromatic heterocycles. The van der Waals surface area contributed by atoms with Gasteiger partial charge in [-0.15, -0.1) is 0 Å². The minimum atomic E-state index is 0. The molecule has 11 heavy (non-hydrogen) atoms. The van der Waals surface area contributed by atoms with Crippen LogP contribution in [-0.4, -0.2) is 30.3 Å². The van der Waals surface area contributed by atoms with Crippen LogP contribution in [0.3, 0.4) is 0 Å². The van der Waals surface area contributed by atoms with Gasteiger partial charge in [-0.2, -0.15) is 5.75 Å². The van der Waals surface area contributed by atoms with E-state index in [0.29, 0.717) is 0 Å². The van der Waals surface area contributed by atoms with Gasteiger partial charge in [0, 0.05) is 32.7 Å². The average molecular weight is 249 g/mol. The van der Waals surface area contributed by atoms with E-state index in [9.17, 15) is 0 Å². The van der Waals surface area contributed by atoms with Gasteiger partial charge in [-0.1, -0.05) is 13.8 Å². The molecule has 0 saturated heterocycles. The monoisotopic (exact) mass is 249 g/mol. The molecule has 0 N–H and O–H groups in total. The van der Waals surface area contributed by atoms with Crippen molar-refractivity contribution in [3.63, 3.8) is 0 Å². The van der Waals surface area contributed by atoms with Gasteiger partial charge in [-0.25, -0.2) is 0 Å². The second-order valence-corrected chi connectivity index (χ2v) is 2.95. The van der Waals surface area contributed by atoms with Gasteiger partial charge in [0.15, 0.2) is 0 Å². The quantitative estimate of drug-likeness (QED) is 0.658. The first-order valence-corrected chi connectivity index (χ1v) is 4.73.